The summed E-state index contributed by atoms with van der Waals surface area (Å²) in [6.07, 6.45) is 4.09. The number of pyridine rings is 1. The zero-order valence-electron chi connectivity index (χ0n) is 15.8. The number of furan rings is 1. The zero-order valence-corrected chi connectivity index (χ0v) is 18.1. The van der Waals surface area contributed by atoms with Crippen LogP contribution in [0.3, 0.4) is 0 Å². The Kier molecular flexibility index (Phi) is 8.33. The van der Waals surface area contributed by atoms with E-state index in [0.717, 1.165) is 31.2 Å². The minimum absolute atomic E-state index is 0. The second kappa shape index (κ2) is 10.5. The number of piperazine rings is 1. The van der Waals surface area contributed by atoms with Crippen molar-refractivity contribution in [3.63, 3.8) is 0 Å². The van der Waals surface area contributed by atoms with Crippen molar-refractivity contribution in [2.45, 2.75) is 26.3 Å². The summed E-state index contributed by atoms with van der Waals surface area (Å²) in [4.78, 5) is 13.1. The molecule has 2 aromatic heterocycles. The van der Waals surface area contributed by atoms with Crippen LogP contribution >= 0.6 is 24.0 Å². The minimum Gasteiger partial charge on any atom is -0.469 e. The molecule has 0 atom stereocenters. The van der Waals surface area contributed by atoms with E-state index in [4.69, 9.17) is 9.41 Å². The summed E-state index contributed by atoms with van der Waals surface area (Å²) in [5, 5.41) is 3.43. The third kappa shape index (κ3) is 6.08. The van der Waals surface area contributed by atoms with Crippen LogP contribution in [-0.4, -0.2) is 54.6 Å². The average Bonchev–Trinajstić information content (AvgIpc) is 3.15. The van der Waals surface area contributed by atoms with Gasteiger partial charge in [-0.3, -0.25) is 4.99 Å². The van der Waals surface area contributed by atoms with E-state index in [1.165, 1.54) is 6.07 Å². The standard InChI is InChI=1S/C19H26FN5O.HI/c1-15(2)23-19(22-9-7-16-5-4-14-26-16)25-12-10-24(11-13-25)18-17(20)6-3-8-21-18;/h3-6,8,14-15H,7,9-13H2,1-2H3,(H,22,23);1H. The van der Waals surface area contributed by atoms with E-state index in [-0.39, 0.29) is 29.8 Å². The Hall–Kier alpha value is -1.84. The lowest BCUT2D eigenvalue weighted by Gasteiger charge is -2.37. The highest BCUT2D eigenvalue weighted by molar-refractivity contribution is 14.0. The Bertz CT molecular complexity index is 715. The van der Waals surface area contributed by atoms with Gasteiger partial charge in [-0.2, -0.15) is 0 Å². The first-order valence-electron chi connectivity index (χ1n) is 9.07. The summed E-state index contributed by atoms with van der Waals surface area (Å²) in [6.45, 7) is 7.83. The Balaban J connectivity index is 0.00000261. The lowest BCUT2D eigenvalue weighted by Crippen LogP contribution is -2.54. The fraction of sp³-hybridized carbons (Fsp3) is 0.474. The van der Waals surface area contributed by atoms with Gasteiger partial charge in [0.15, 0.2) is 17.6 Å². The molecular weight excluding hydrogens is 460 g/mol. The molecule has 0 saturated carbocycles. The number of nitrogens with zero attached hydrogens (tertiary/aromatic N) is 4. The molecule has 1 aliphatic rings. The second-order valence-electron chi connectivity index (χ2n) is 6.62. The van der Waals surface area contributed by atoms with Crippen LogP contribution in [0.25, 0.3) is 0 Å². The highest BCUT2D eigenvalue weighted by atomic mass is 127. The molecule has 1 saturated heterocycles. The van der Waals surface area contributed by atoms with Crippen molar-refractivity contribution in [1.29, 1.82) is 0 Å². The van der Waals surface area contributed by atoms with Crippen LogP contribution in [0, 0.1) is 5.82 Å². The first-order chi connectivity index (χ1) is 12.6. The van der Waals surface area contributed by atoms with Crippen molar-refractivity contribution < 1.29 is 8.81 Å². The number of nitrogens with one attached hydrogen (secondary N) is 1. The molecule has 6 nitrogen and oxygen atoms in total. The van der Waals surface area contributed by atoms with Crippen LogP contribution in [0.15, 0.2) is 46.1 Å². The molecule has 0 aliphatic carbocycles. The van der Waals surface area contributed by atoms with Crippen LogP contribution < -0.4 is 10.2 Å². The normalized spacial score (nSPS) is 15.0. The second-order valence-corrected chi connectivity index (χ2v) is 6.62. The van der Waals surface area contributed by atoms with Crippen molar-refractivity contribution in [3.8, 4) is 0 Å². The summed E-state index contributed by atoms with van der Waals surface area (Å²) in [6, 6.07) is 7.22. The summed E-state index contributed by atoms with van der Waals surface area (Å²) >= 11 is 0. The summed E-state index contributed by atoms with van der Waals surface area (Å²) in [7, 11) is 0. The van der Waals surface area contributed by atoms with Crippen molar-refractivity contribution in [3.05, 3.63) is 48.3 Å². The van der Waals surface area contributed by atoms with Gasteiger partial charge in [0, 0.05) is 51.4 Å². The quantitative estimate of drug-likeness (QED) is 0.399. The van der Waals surface area contributed by atoms with Crippen molar-refractivity contribution in [1.82, 2.24) is 15.2 Å². The molecule has 3 rings (SSSR count). The molecule has 8 heteroatoms. The third-order valence-electron chi connectivity index (χ3n) is 4.24. The minimum atomic E-state index is -0.270. The number of anilines is 1. The van der Waals surface area contributed by atoms with Gasteiger partial charge in [-0.05, 0) is 38.1 Å². The monoisotopic (exact) mass is 487 g/mol. The molecule has 0 unspecified atom stereocenters. The topological polar surface area (TPSA) is 56.9 Å². The van der Waals surface area contributed by atoms with Gasteiger partial charge in [0.05, 0.1) is 6.26 Å². The van der Waals surface area contributed by atoms with Gasteiger partial charge in [0.25, 0.3) is 0 Å². The van der Waals surface area contributed by atoms with Crippen LogP contribution in [-0.2, 0) is 6.42 Å². The number of rotatable bonds is 5. The summed E-state index contributed by atoms with van der Waals surface area (Å²) < 4.78 is 19.3. The molecule has 3 heterocycles. The number of aliphatic imine (C=N–C) groups is 1. The summed E-state index contributed by atoms with van der Waals surface area (Å²) in [5.74, 6) is 2.00. The molecule has 0 aromatic carbocycles. The molecule has 0 bridgehead atoms. The molecule has 1 aliphatic heterocycles. The van der Waals surface area contributed by atoms with E-state index in [9.17, 15) is 4.39 Å². The Labute approximate surface area is 176 Å². The Morgan fingerprint density at radius 2 is 2.04 bits per heavy atom. The number of halogens is 2. The van der Waals surface area contributed by atoms with Gasteiger partial charge in [0.2, 0.25) is 0 Å². The van der Waals surface area contributed by atoms with Gasteiger partial charge < -0.3 is 19.5 Å². The number of aromatic nitrogens is 1. The van der Waals surface area contributed by atoms with Crippen molar-refractivity contribution in [2.75, 3.05) is 37.6 Å². The van der Waals surface area contributed by atoms with E-state index in [1.54, 1.807) is 18.5 Å². The maximum absolute atomic E-state index is 13.9. The molecule has 0 spiro atoms. The van der Waals surface area contributed by atoms with Crippen molar-refractivity contribution in [2.24, 2.45) is 4.99 Å². The Morgan fingerprint density at radius 1 is 1.26 bits per heavy atom. The first-order valence-corrected chi connectivity index (χ1v) is 9.07. The summed E-state index contributed by atoms with van der Waals surface area (Å²) in [5.41, 5.74) is 0. The van der Waals surface area contributed by atoms with Gasteiger partial charge in [-0.25, -0.2) is 9.37 Å². The van der Waals surface area contributed by atoms with Crippen molar-refractivity contribution >= 4 is 35.8 Å². The molecule has 1 fully saturated rings. The molecule has 27 heavy (non-hydrogen) atoms. The zero-order chi connectivity index (χ0) is 18.4. The lowest BCUT2D eigenvalue weighted by molar-refractivity contribution is 0.365. The van der Waals surface area contributed by atoms with E-state index in [1.807, 2.05) is 17.0 Å². The molecule has 2 aromatic rings. The molecule has 0 radical (unpaired) electrons. The number of hydrogen-bond donors (Lipinski definition) is 1. The predicted octanol–water partition coefficient (Wildman–Crippen LogP) is 3.15. The smallest absolute Gasteiger partial charge is 0.194 e. The largest absolute Gasteiger partial charge is 0.469 e. The van der Waals surface area contributed by atoms with Gasteiger partial charge in [0.1, 0.15) is 5.76 Å². The fourth-order valence-corrected chi connectivity index (χ4v) is 2.96. The number of hydrogen-bond acceptors (Lipinski definition) is 4. The number of guanidine groups is 1. The first kappa shape index (κ1) is 21.5. The maximum Gasteiger partial charge on any atom is 0.194 e. The van der Waals surface area contributed by atoms with Gasteiger partial charge in [-0.15, -0.1) is 24.0 Å². The molecule has 1 N–H and O–H groups in total. The van der Waals surface area contributed by atoms with Gasteiger partial charge in [-0.1, -0.05) is 0 Å². The predicted molar refractivity (Wildman–Crippen MR) is 116 cm³/mol. The average molecular weight is 487 g/mol. The molecular formula is C19H27FIN5O. The van der Waals surface area contributed by atoms with E-state index in [2.05, 4.69) is 29.0 Å². The van der Waals surface area contributed by atoms with Gasteiger partial charge >= 0.3 is 0 Å². The lowest BCUT2D eigenvalue weighted by atomic mass is 10.3. The van der Waals surface area contributed by atoms with E-state index >= 15 is 0 Å². The van der Waals surface area contributed by atoms with Crippen LogP contribution in [0.2, 0.25) is 0 Å². The van der Waals surface area contributed by atoms with E-state index < -0.39 is 0 Å². The van der Waals surface area contributed by atoms with Crippen LogP contribution in [0.1, 0.15) is 19.6 Å². The van der Waals surface area contributed by atoms with Crippen LogP contribution in [0.4, 0.5) is 10.2 Å². The highest BCUT2D eigenvalue weighted by Crippen LogP contribution is 2.17. The Morgan fingerprint density at radius 3 is 2.67 bits per heavy atom. The van der Waals surface area contributed by atoms with E-state index in [0.29, 0.717) is 31.5 Å². The highest BCUT2D eigenvalue weighted by Gasteiger charge is 2.22. The molecule has 148 valence electrons. The van der Waals surface area contributed by atoms with Crippen LogP contribution in [0.5, 0.6) is 0 Å². The SMILES string of the molecule is CC(C)NC(=NCCc1ccco1)N1CCN(c2ncccc2F)CC1.I. The maximum atomic E-state index is 13.9. The fourth-order valence-electron chi connectivity index (χ4n) is 2.96. The molecule has 0 amide bonds. The third-order valence-corrected chi connectivity index (χ3v) is 4.24.